The molecule has 3 N–H and O–H groups in total. The third-order valence-electron chi connectivity index (χ3n) is 6.97. The third-order valence-corrected chi connectivity index (χ3v) is 8.10. The van der Waals surface area contributed by atoms with Crippen molar-refractivity contribution in [3.05, 3.63) is 95.2 Å². The molecule has 3 aromatic carbocycles. The highest BCUT2D eigenvalue weighted by Crippen LogP contribution is 2.34. The van der Waals surface area contributed by atoms with Crippen LogP contribution in [0.1, 0.15) is 29.5 Å². The summed E-state index contributed by atoms with van der Waals surface area (Å²) >= 11 is 0. The van der Waals surface area contributed by atoms with Gasteiger partial charge < -0.3 is 15.4 Å². The molecule has 4 aromatic rings. The third kappa shape index (κ3) is 4.97. The standard InChI is InChI=1S/C29H28N6O2S/c30-28(31)23-5-4-21-3-2-20(16-24(21)17-23)19-35-27-7-6-26(18-22(27)10-15-38(35)36)37-25-8-13-34(14-9-25)29-32-11-1-12-33-29/h1-7,10-12,15-18,25H,8-9,13-14,19H2,(H3,30,31). The number of piperidine rings is 1. The van der Waals surface area contributed by atoms with Gasteiger partial charge in [-0.05, 0) is 58.8 Å². The summed E-state index contributed by atoms with van der Waals surface area (Å²) in [5.41, 5.74) is 9.29. The molecule has 1 aromatic heterocycles. The molecule has 1 atom stereocenters. The minimum atomic E-state index is -1.28. The van der Waals surface area contributed by atoms with Gasteiger partial charge in [-0.3, -0.25) is 9.71 Å². The Morgan fingerprint density at radius 1 is 1.03 bits per heavy atom. The van der Waals surface area contributed by atoms with Crippen molar-refractivity contribution < 1.29 is 8.95 Å². The predicted octanol–water partition coefficient (Wildman–Crippen LogP) is 4.62. The molecule has 6 rings (SSSR count). The van der Waals surface area contributed by atoms with Gasteiger partial charge in [0.05, 0.1) is 12.2 Å². The fourth-order valence-corrected chi connectivity index (χ4v) is 6.01. The minimum absolute atomic E-state index is 0.0438. The highest BCUT2D eigenvalue weighted by molar-refractivity contribution is 7.89. The van der Waals surface area contributed by atoms with E-state index >= 15 is 0 Å². The number of nitrogen functional groups attached to an aromatic ring is 1. The molecule has 0 aliphatic carbocycles. The van der Waals surface area contributed by atoms with Gasteiger partial charge in [0.15, 0.2) is 0 Å². The van der Waals surface area contributed by atoms with Crippen molar-refractivity contribution in [2.45, 2.75) is 25.5 Å². The number of hydrogen-bond acceptors (Lipinski definition) is 6. The number of fused-ring (bicyclic) bond motifs is 2. The molecule has 38 heavy (non-hydrogen) atoms. The molecule has 9 heteroatoms. The molecule has 0 saturated carbocycles. The molecule has 3 heterocycles. The van der Waals surface area contributed by atoms with E-state index in [1.54, 1.807) is 17.8 Å². The van der Waals surface area contributed by atoms with Crippen LogP contribution >= 0.6 is 0 Å². The minimum Gasteiger partial charge on any atom is -0.490 e. The van der Waals surface area contributed by atoms with Gasteiger partial charge >= 0.3 is 0 Å². The molecule has 8 nitrogen and oxygen atoms in total. The summed E-state index contributed by atoms with van der Waals surface area (Å²) in [6, 6.07) is 19.7. The lowest BCUT2D eigenvalue weighted by atomic mass is 10.0. The van der Waals surface area contributed by atoms with E-state index in [0.717, 1.165) is 65.2 Å². The van der Waals surface area contributed by atoms with Crippen molar-refractivity contribution in [1.29, 1.82) is 5.41 Å². The maximum absolute atomic E-state index is 13.0. The van der Waals surface area contributed by atoms with E-state index in [-0.39, 0.29) is 11.9 Å². The molecule has 0 spiro atoms. The van der Waals surface area contributed by atoms with Crippen LogP contribution in [-0.2, 0) is 17.5 Å². The first kappa shape index (κ1) is 24.1. The summed E-state index contributed by atoms with van der Waals surface area (Å²) in [7, 11) is -1.28. The van der Waals surface area contributed by atoms with E-state index in [0.29, 0.717) is 12.1 Å². The van der Waals surface area contributed by atoms with Gasteiger partial charge in [-0.2, -0.15) is 0 Å². The van der Waals surface area contributed by atoms with Crippen LogP contribution < -0.4 is 19.7 Å². The van der Waals surface area contributed by atoms with Crippen LogP contribution in [0.4, 0.5) is 11.6 Å². The first-order chi connectivity index (χ1) is 18.5. The fourth-order valence-electron chi connectivity index (χ4n) is 4.97. The molecule has 1 saturated heterocycles. The lowest BCUT2D eigenvalue weighted by Gasteiger charge is -2.32. The Labute approximate surface area is 223 Å². The van der Waals surface area contributed by atoms with E-state index in [9.17, 15) is 4.21 Å². The second kappa shape index (κ2) is 10.3. The molecule has 192 valence electrons. The molecule has 0 radical (unpaired) electrons. The van der Waals surface area contributed by atoms with E-state index in [1.165, 1.54) is 0 Å². The Morgan fingerprint density at radius 2 is 1.82 bits per heavy atom. The highest BCUT2D eigenvalue weighted by Gasteiger charge is 2.24. The van der Waals surface area contributed by atoms with Crippen LogP contribution in [0.2, 0.25) is 0 Å². The van der Waals surface area contributed by atoms with Gasteiger partial charge in [-0.1, -0.05) is 24.3 Å². The molecule has 2 aliphatic heterocycles. The summed E-state index contributed by atoms with van der Waals surface area (Å²) in [6.07, 6.45) is 7.37. The average molecular weight is 525 g/mol. The molecule has 2 aliphatic rings. The number of anilines is 2. The van der Waals surface area contributed by atoms with Crippen molar-refractivity contribution in [2.75, 3.05) is 22.3 Å². The Bertz CT molecular complexity index is 1550. The number of rotatable bonds is 6. The van der Waals surface area contributed by atoms with Crippen LogP contribution in [0.25, 0.3) is 16.8 Å². The van der Waals surface area contributed by atoms with E-state index in [1.807, 2.05) is 58.9 Å². The number of aromatic nitrogens is 2. The van der Waals surface area contributed by atoms with Crippen molar-refractivity contribution in [2.24, 2.45) is 5.73 Å². The zero-order chi connectivity index (χ0) is 26.1. The van der Waals surface area contributed by atoms with Gasteiger partial charge in [0.2, 0.25) is 5.95 Å². The lowest BCUT2D eigenvalue weighted by molar-refractivity contribution is 0.170. The number of benzene rings is 3. The fraction of sp³-hybridized carbons (Fsp3) is 0.207. The largest absolute Gasteiger partial charge is 0.490 e. The zero-order valence-corrected chi connectivity index (χ0v) is 21.6. The van der Waals surface area contributed by atoms with E-state index in [4.69, 9.17) is 15.9 Å². The molecule has 1 unspecified atom stereocenters. The number of hydrogen-bond donors (Lipinski definition) is 2. The molecule has 0 bridgehead atoms. The SMILES string of the molecule is N=C(N)c1ccc2ccc(CN3c4ccc(OC5CCN(c6ncccn6)CC5)cc4C=CS3=O)cc2c1. The number of nitrogens with one attached hydrogen (secondary N) is 1. The topological polar surface area (TPSA) is 108 Å². The summed E-state index contributed by atoms with van der Waals surface area (Å²) in [5, 5.41) is 11.5. The second-order valence-electron chi connectivity index (χ2n) is 9.50. The van der Waals surface area contributed by atoms with Crippen molar-refractivity contribution in [3.63, 3.8) is 0 Å². The van der Waals surface area contributed by atoms with Gasteiger partial charge in [-0.15, -0.1) is 0 Å². The Morgan fingerprint density at radius 3 is 2.61 bits per heavy atom. The first-order valence-electron chi connectivity index (χ1n) is 12.6. The monoisotopic (exact) mass is 524 g/mol. The average Bonchev–Trinajstić information content (AvgIpc) is 2.95. The second-order valence-corrected chi connectivity index (χ2v) is 10.8. The zero-order valence-electron chi connectivity index (χ0n) is 20.8. The molecular weight excluding hydrogens is 496 g/mol. The van der Waals surface area contributed by atoms with Crippen LogP contribution in [0.5, 0.6) is 5.75 Å². The summed E-state index contributed by atoms with van der Waals surface area (Å²) in [6.45, 7) is 2.20. The van der Waals surface area contributed by atoms with Gasteiger partial charge in [0.1, 0.15) is 28.7 Å². The highest BCUT2D eigenvalue weighted by atomic mass is 32.2. The van der Waals surface area contributed by atoms with Crippen LogP contribution in [0.15, 0.2) is 78.5 Å². The van der Waals surface area contributed by atoms with Gasteiger partial charge in [0.25, 0.3) is 0 Å². The van der Waals surface area contributed by atoms with Crippen molar-refractivity contribution in [1.82, 2.24) is 9.97 Å². The summed E-state index contributed by atoms with van der Waals surface area (Å²) < 4.78 is 21.2. The molecular formula is C29H28N6O2S. The predicted molar refractivity (Wildman–Crippen MR) is 153 cm³/mol. The van der Waals surface area contributed by atoms with Crippen LogP contribution in [-0.4, -0.2) is 39.2 Å². The van der Waals surface area contributed by atoms with Crippen LogP contribution in [0, 0.1) is 5.41 Å². The first-order valence-corrected chi connectivity index (χ1v) is 13.8. The molecule has 1 fully saturated rings. The summed E-state index contributed by atoms with van der Waals surface area (Å²) in [4.78, 5) is 10.9. The smallest absolute Gasteiger partial charge is 0.225 e. The van der Waals surface area contributed by atoms with E-state index in [2.05, 4.69) is 27.0 Å². The Balaban J connectivity index is 1.16. The van der Waals surface area contributed by atoms with E-state index < -0.39 is 11.0 Å². The number of nitrogens with two attached hydrogens (primary N) is 1. The van der Waals surface area contributed by atoms with Crippen LogP contribution in [0.3, 0.4) is 0 Å². The Kier molecular flexibility index (Phi) is 6.51. The lowest BCUT2D eigenvalue weighted by Crippen LogP contribution is -2.39. The quantitative estimate of drug-likeness (QED) is 0.282. The van der Waals surface area contributed by atoms with Crippen molar-refractivity contribution in [3.8, 4) is 5.75 Å². The maximum Gasteiger partial charge on any atom is 0.225 e. The normalized spacial score (nSPS) is 17.4. The molecule has 0 amide bonds. The maximum atomic E-state index is 13.0. The number of amidine groups is 1. The number of ether oxygens (including phenoxy) is 1. The van der Waals surface area contributed by atoms with Gasteiger partial charge in [0, 0.05) is 54.9 Å². The Hall–Kier alpha value is -4.24. The van der Waals surface area contributed by atoms with Crippen molar-refractivity contribution >= 4 is 45.3 Å². The van der Waals surface area contributed by atoms with Gasteiger partial charge in [-0.25, -0.2) is 14.2 Å². The number of nitrogens with zero attached hydrogens (tertiary/aromatic N) is 4. The summed E-state index contributed by atoms with van der Waals surface area (Å²) in [5.74, 6) is 1.63.